The molecule has 0 atom stereocenters. The molecule has 4 heterocycles. The summed E-state index contributed by atoms with van der Waals surface area (Å²) in [6, 6.07) is 7.47. The van der Waals surface area contributed by atoms with Crippen LogP contribution in [0.4, 0.5) is 0 Å². The van der Waals surface area contributed by atoms with Crippen LogP contribution in [0.15, 0.2) is 36.7 Å². The van der Waals surface area contributed by atoms with Crippen LogP contribution < -0.4 is 5.32 Å². The summed E-state index contributed by atoms with van der Waals surface area (Å²) in [6.07, 6.45) is 8.97. The lowest BCUT2D eigenvalue weighted by atomic mass is 10.3. The van der Waals surface area contributed by atoms with E-state index in [0.29, 0.717) is 16.2 Å². The molecule has 2 saturated heterocycles. The van der Waals surface area contributed by atoms with Crippen LogP contribution in [0, 0.1) is 0 Å². The van der Waals surface area contributed by atoms with Crippen LogP contribution in [0.1, 0.15) is 36.8 Å². The van der Waals surface area contributed by atoms with Crippen molar-refractivity contribution in [3.8, 4) is 0 Å². The Labute approximate surface area is 177 Å². The van der Waals surface area contributed by atoms with E-state index in [1.165, 1.54) is 57.4 Å². The Balaban J connectivity index is 0.000000161. The van der Waals surface area contributed by atoms with Gasteiger partial charge in [-0.1, -0.05) is 35.3 Å². The number of alkyl halides is 1. The first-order valence-corrected chi connectivity index (χ1v) is 10.7. The number of pyridine rings is 2. The summed E-state index contributed by atoms with van der Waals surface area (Å²) in [5.41, 5.74) is 2.24. The lowest BCUT2D eigenvalue weighted by molar-refractivity contribution is 0.331. The topological polar surface area (TPSA) is 41.1 Å². The Morgan fingerprint density at radius 3 is 1.78 bits per heavy atom. The number of nitrogens with zero attached hydrogens (tertiary/aromatic N) is 3. The molecule has 4 nitrogen and oxygen atoms in total. The molecule has 2 aromatic rings. The maximum Gasteiger partial charge on any atom is 0.129 e. The SMILES string of the molecule is C1CCNC1.ClCc1ccc(Cl)nc1.Clc1ccc(CN2CCCC2)cn1. The molecule has 0 bridgehead atoms. The third kappa shape index (κ3) is 9.72. The molecule has 2 aliphatic heterocycles. The first-order valence-electron chi connectivity index (χ1n) is 9.37. The molecule has 0 unspecified atom stereocenters. The van der Waals surface area contributed by atoms with Crippen LogP contribution in [-0.2, 0) is 12.4 Å². The van der Waals surface area contributed by atoms with Crippen LogP contribution in [0.5, 0.6) is 0 Å². The van der Waals surface area contributed by atoms with Gasteiger partial charge < -0.3 is 5.32 Å². The van der Waals surface area contributed by atoms with E-state index in [1.54, 1.807) is 12.3 Å². The lowest BCUT2D eigenvalue weighted by Crippen LogP contribution is -2.18. The number of nitrogens with one attached hydrogen (secondary N) is 1. The summed E-state index contributed by atoms with van der Waals surface area (Å²) in [4.78, 5) is 10.3. The second-order valence-electron chi connectivity index (χ2n) is 6.55. The number of likely N-dealkylation sites (tertiary alicyclic amines) is 1. The van der Waals surface area contributed by atoms with Gasteiger partial charge in [0.2, 0.25) is 0 Å². The lowest BCUT2D eigenvalue weighted by Gasteiger charge is -2.13. The Hall–Kier alpha value is -0.910. The zero-order valence-corrected chi connectivity index (χ0v) is 17.8. The number of halogens is 3. The highest BCUT2D eigenvalue weighted by Crippen LogP contribution is 2.13. The van der Waals surface area contributed by atoms with Gasteiger partial charge in [-0.15, -0.1) is 11.6 Å². The van der Waals surface area contributed by atoms with E-state index in [0.717, 1.165) is 12.1 Å². The van der Waals surface area contributed by atoms with E-state index in [9.17, 15) is 0 Å². The van der Waals surface area contributed by atoms with Gasteiger partial charge in [0.1, 0.15) is 10.3 Å². The number of hydrogen-bond donors (Lipinski definition) is 1. The molecule has 148 valence electrons. The maximum atomic E-state index is 5.70. The zero-order chi connectivity index (χ0) is 19.3. The predicted molar refractivity (Wildman–Crippen MR) is 115 cm³/mol. The third-order valence-electron chi connectivity index (χ3n) is 4.29. The Kier molecular flexibility index (Phi) is 11.0. The van der Waals surface area contributed by atoms with Crippen molar-refractivity contribution in [3.63, 3.8) is 0 Å². The Bertz CT molecular complexity index is 617. The fraction of sp³-hybridized carbons (Fsp3) is 0.500. The summed E-state index contributed by atoms with van der Waals surface area (Å²) < 4.78 is 0. The minimum atomic E-state index is 0.490. The first kappa shape index (κ1) is 22.4. The molecule has 2 fully saturated rings. The van der Waals surface area contributed by atoms with Gasteiger partial charge in [-0.25, -0.2) is 9.97 Å². The highest BCUT2D eigenvalue weighted by Gasteiger charge is 2.11. The summed E-state index contributed by atoms with van der Waals surface area (Å²) >= 11 is 16.7. The Morgan fingerprint density at radius 2 is 1.37 bits per heavy atom. The van der Waals surface area contributed by atoms with E-state index in [2.05, 4.69) is 20.2 Å². The summed E-state index contributed by atoms with van der Waals surface area (Å²) in [5.74, 6) is 0.490. The quantitative estimate of drug-likeness (QED) is 0.539. The second-order valence-corrected chi connectivity index (χ2v) is 7.59. The molecule has 2 aliphatic rings. The van der Waals surface area contributed by atoms with Crippen LogP contribution in [0.2, 0.25) is 10.3 Å². The molecule has 0 aromatic carbocycles. The minimum absolute atomic E-state index is 0.490. The first-order chi connectivity index (χ1) is 13.2. The summed E-state index contributed by atoms with van der Waals surface area (Å²) in [7, 11) is 0. The van der Waals surface area contributed by atoms with E-state index in [4.69, 9.17) is 34.8 Å². The predicted octanol–water partition coefficient (Wildman–Crippen LogP) is 5.17. The summed E-state index contributed by atoms with van der Waals surface area (Å²) in [5, 5.41) is 4.30. The van der Waals surface area contributed by atoms with Crippen molar-refractivity contribution < 1.29 is 0 Å². The highest BCUT2D eigenvalue weighted by atomic mass is 35.5. The van der Waals surface area contributed by atoms with Gasteiger partial charge in [-0.2, -0.15) is 0 Å². The molecular weight excluding hydrogens is 403 g/mol. The second kappa shape index (κ2) is 13.3. The standard InChI is InChI=1S/C10H13ClN2.C6H5Cl2N.C4H9N/c11-10-4-3-9(7-12-10)8-13-5-1-2-6-13;7-3-5-1-2-6(8)9-4-5;1-2-4-5-3-1/h3-4,7H,1-2,5-6,8H2;1-2,4H,3H2;5H,1-4H2. The molecule has 0 saturated carbocycles. The van der Waals surface area contributed by atoms with Crippen LogP contribution in [0.3, 0.4) is 0 Å². The van der Waals surface area contributed by atoms with E-state index >= 15 is 0 Å². The van der Waals surface area contributed by atoms with Gasteiger partial charge in [0, 0.05) is 24.8 Å². The van der Waals surface area contributed by atoms with E-state index < -0.39 is 0 Å². The molecule has 7 heteroatoms. The van der Waals surface area contributed by atoms with Crippen molar-refractivity contribution in [2.45, 2.75) is 38.1 Å². The van der Waals surface area contributed by atoms with Gasteiger partial charge in [-0.05, 0) is 75.1 Å². The van der Waals surface area contributed by atoms with Gasteiger partial charge in [0.05, 0.1) is 0 Å². The molecule has 0 amide bonds. The fourth-order valence-corrected chi connectivity index (χ4v) is 3.19. The number of rotatable bonds is 3. The monoisotopic (exact) mass is 428 g/mol. The van der Waals surface area contributed by atoms with Crippen molar-refractivity contribution in [3.05, 3.63) is 58.1 Å². The average molecular weight is 430 g/mol. The van der Waals surface area contributed by atoms with Crippen LogP contribution >= 0.6 is 34.8 Å². The van der Waals surface area contributed by atoms with Gasteiger partial charge >= 0.3 is 0 Å². The molecule has 1 N–H and O–H groups in total. The third-order valence-corrected chi connectivity index (χ3v) is 5.05. The molecule has 27 heavy (non-hydrogen) atoms. The molecule has 0 spiro atoms. The fourth-order valence-electron chi connectivity index (χ4n) is 2.81. The molecular formula is C20H27Cl3N4. The smallest absolute Gasteiger partial charge is 0.129 e. The normalized spacial score (nSPS) is 16.3. The van der Waals surface area contributed by atoms with Crippen molar-refractivity contribution >= 4 is 34.8 Å². The van der Waals surface area contributed by atoms with E-state index in [-0.39, 0.29) is 0 Å². The number of hydrogen-bond acceptors (Lipinski definition) is 4. The van der Waals surface area contributed by atoms with Crippen molar-refractivity contribution in [2.75, 3.05) is 26.2 Å². The maximum absolute atomic E-state index is 5.70. The largest absolute Gasteiger partial charge is 0.317 e. The molecule has 2 aromatic heterocycles. The van der Waals surface area contributed by atoms with E-state index in [1.807, 2.05) is 24.4 Å². The summed E-state index contributed by atoms with van der Waals surface area (Å²) in [6.45, 7) is 5.97. The van der Waals surface area contributed by atoms with Gasteiger partial charge in [0.15, 0.2) is 0 Å². The van der Waals surface area contributed by atoms with Crippen molar-refractivity contribution in [2.24, 2.45) is 0 Å². The minimum Gasteiger partial charge on any atom is -0.317 e. The molecule has 4 rings (SSSR count). The van der Waals surface area contributed by atoms with Crippen molar-refractivity contribution in [1.82, 2.24) is 20.2 Å². The highest BCUT2D eigenvalue weighted by molar-refractivity contribution is 6.29. The number of aromatic nitrogens is 2. The van der Waals surface area contributed by atoms with Gasteiger partial charge in [-0.3, -0.25) is 4.90 Å². The van der Waals surface area contributed by atoms with Crippen molar-refractivity contribution in [1.29, 1.82) is 0 Å². The average Bonchev–Trinajstić information content (AvgIpc) is 3.41. The van der Waals surface area contributed by atoms with Crippen LogP contribution in [0.25, 0.3) is 0 Å². The molecule has 0 aliphatic carbocycles. The van der Waals surface area contributed by atoms with Crippen LogP contribution in [-0.4, -0.2) is 41.0 Å². The molecule has 0 radical (unpaired) electrons. The zero-order valence-electron chi connectivity index (χ0n) is 15.5. The van der Waals surface area contributed by atoms with Gasteiger partial charge in [0.25, 0.3) is 0 Å². The Morgan fingerprint density at radius 1 is 0.815 bits per heavy atom.